The van der Waals surface area contributed by atoms with E-state index in [1.165, 1.54) is 12.1 Å². The number of hydrogen-bond donors (Lipinski definition) is 1. The Bertz CT molecular complexity index is 570. The van der Waals surface area contributed by atoms with E-state index in [-0.39, 0.29) is 5.56 Å². The summed E-state index contributed by atoms with van der Waals surface area (Å²) in [6, 6.07) is 13.3. The molecular weight excluding hydrogens is 244 g/mol. The van der Waals surface area contributed by atoms with E-state index in [4.69, 9.17) is 9.84 Å². The number of ether oxygens (including phenoxy) is 1. The zero-order valence-electron chi connectivity index (χ0n) is 10.1. The molecule has 0 saturated carbocycles. The maximum Gasteiger partial charge on any atom is 0.335 e. The summed E-state index contributed by atoms with van der Waals surface area (Å²) >= 11 is 0. The number of hydrogen-bond acceptors (Lipinski definition) is 3. The second kappa shape index (κ2) is 5.82. The molecule has 2 rings (SSSR count). The van der Waals surface area contributed by atoms with Crippen LogP contribution in [0.1, 0.15) is 26.3 Å². The van der Waals surface area contributed by atoms with Crippen molar-refractivity contribution in [2.75, 3.05) is 0 Å². The molecule has 0 saturated heterocycles. The number of carboxylic acid groups (broad SMARTS) is 1. The van der Waals surface area contributed by atoms with Gasteiger partial charge in [-0.2, -0.15) is 0 Å². The third kappa shape index (κ3) is 3.42. The average Bonchev–Trinajstić information content (AvgIpc) is 2.46. The summed E-state index contributed by atoms with van der Waals surface area (Å²) in [6.45, 7) is 0.367. The summed E-state index contributed by atoms with van der Waals surface area (Å²) in [7, 11) is 0. The third-order valence-electron chi connectivity index (χ3n) is 2.62. The van der Waals surface area contributed by atoms with Gasteiger partial charge < -0.3 is 9.84 Å². The highest BCUT2D eigenvalue weighted by atomic mass is 16.5. The number of carbonyl (C=O) groups excluding carboxylic acids is 1. The number of carbonyl (C=O) groups is 2. The van der Waals surface area contributed by atoms with Crippen molar-refractivity contribution in [3.05, 3.63) is 65.2 Å². The molecule has 2 aromatic rings. The third-order valence-corrected chi connectivity index (χ3v) is 2.62. The molecule has 0 aliphatic rings. The highest BCUT2D eigenvalue weighted by molar-refractivity contribution is 5.87. The summed E-state index contributed by atoms with van der Waals surface area (Å²) in [6.07, 6.45) is 0.787. The van der Waals surface area contributed by atoms with Crippen LogP contribution >= 0.6 is 0 Å². The van der Waals surface area contributed by atoms with Gasteiger partial charge in [-0.15, -0.1) is 0 Å². The van der Waals surface area contributed by atoms with Gasteiger partial charge in [-0.05, 0) is 29.8 Å². The fourth-order valence-corrected chi connectivity index (χ4v) is 1.55. The molecule has 1 N–H and O–H groups in total. The Hall–Kier alpha value is -2.62. The van der Waals surface area contributed by atoms with Crippen LogP contribution in [0.15, 0.2) is 48.5 Å². The second-order valence-corrected chi connectivity index (χ2v) is 3.98. The van der Waals surface area contributed by atoms with Crippen LogP contribution in [0.3, 0.4) is 0 Å². The van der Waals surface area contributed by atoms with E-state index in [0.717, 1.165) is 11.8 Å². The Kier molecular flexibility index (Phi) is 3.93. The number of aromatic carboxylic acids is 1. The van der Waals surface area contributed by atoms with Crippen molar-refractivity contribution in [1.82, 2.24) is 0 Å². The second-order valence-electron chi connectivity index (χ2n) is 3.98. The molecule has 4 heteroatoms. The van der Waals surface area contributed by atoms with Gasteiger partial charge in [-0.1, -0.05) is 24.3 Å². The molecule has 0 spiro atoms. The largest absolute Gasteiger partial charge is 0.489 e. The highest BCUT2D eigenvalue weighted by Crippen LogP contribution is 2.14. The molecule has 0 aliphatic carbocycles. The zero-order valence-corrected chi connectivity index (χ0v) is 10.1. The smallest absolute Gasteiger partial charge is 0.335 e. The number of benzene rings is 2. The number of rotatable bonds is 5. The first-order valence-electron chi connectivity index (χ1n) is 5.69. The van der Waals surface area contributed by atoms with E-state index in [1.807, 2.05) is 12.1 Å². The van der Waals surface area contributed by atoms with E-state index in [9.17, 15) is 9.59 Å². The van der Waals surface area contributed by atoms with E-state index in [1.54, 1.807) is 24.3 Å². The SMILES string of the molecule is O=Cc1ccc(COc2ccc(C(=O)O)cc2)cc1. The lowest BCUT2D eigenvalue weighted by Crippen LogP contribution is -1.98. The standard InChI is InChI=1S/C15H12O4/c16-9-11-1-3-12(4-2-11)10-19-14-7-5-13(6-8-14)15(17)18/h1-9H,10H2,(H,17,18). The molecule has 2 aromatic carbocycles. The quantitative estimate of drug-likeness (QED) is 0.835. The van der Waals surface area contributed by atoms with Crippen molar-refractivity contribution >= 4 is 12.3 Å². The molecule has 0 unspecified atom stereocenters. The number of carboxylic acids is 1. The van der Waals surface area contributed by atoms with Gasteiger partial charge in [0.1, 0.15) is 18.6 Å². The normalized spacial score (nSPS) is 9.89. The first-order valence-corrected chi connectivity index (χ1v) is 5.69. The number of aldehydes is 1. The van der Waals surface area contributed by atoms with Gasteiger partial charge in [0.25, 0.3) is 0 Å². The Morgan fingerprint density at radius 1 is 1.05 bits per heavy atom. The maximum atomic E-state index is 10.7. The summed E-state index contributed by atoms with van der Waals surface area (Å²) in [4.78, 5) is 21.2. The molecule has 0 bridgehead atoms. The molecule has 96 valence electrons. The fourth-order valence-electron chi connectivity index (χ4n) is 1.55. The highest BCUT2D eigenvalue weighted by Gasteiger charge is 2.02. The van der Waals surface area contributed by atoms with Crippen molar-refractivity contribution in [3.8, 4) is 5.75 Å². The summed E-state index contributed by atoms with van der Waals surface area (Å²) in [5, 5.41) is 8.76. The Labute approximate surface area is 110 Å². The van der Waals surface area contributed by atoms with Crippen molar-refractivity contribution in [2.24, 2.45) is 0 Å². The van der Waals surface area contributed by atoms with Gasteiger partial charge >= 0.3 is 5.97 Å². The minimum absolute atomic E-state index is 0.225. The van der Waals surface area contributed by atoms with Crippen LogP contribution in [0.5, 0.6) is 5.75 Å². The van der Waals surface area contributed by atoms with Crippen LogP contribution in [0, 0.1) is 0 Å². The monoisotopic (exact) mass is 256 g/mol. The van der Waals surface area contributed by atoms with E-state index in [2.05, 4.69) is 0 Å². The predicted molar refractivity (Wildman–Crippen MR) is 69.6 cm³/mol. The summed E-state index contributed by atoms with van der Waals surface area (Å²) in [5.41, 5.74) is 1.78. The maximum absolute atomic E-state index is 10.7. The lowest BCUT2D eigenvalue weighted by Gasteiger charge is -2.06. The van der Waals surface area contributed by atoms with Crippen LogP contribution in [0.25, 0.3) is 0 Å². The minimum Gasteiger partial charge on any atom is -0.489 e. The van der Waals surface area contributed by atoms with Crippen LogP contribution in [0.4, 0.5) is 0 Å². The van der Waals surface area contributed by atoms with Crippen molar-refractivity contribution in [1.29, 1.82) is 0 Å². The van der Waals surface area contributed by atoms with Gasteiger partial charge in [0.2, 0.25) is 0 Å². The summed E-state index contributed by atoms with van der Waals surface area (Å²) in [5.74, 6) is -0.361. The summed E-state index contributed by atoms with van der Waals surface area (Å²) < 4.78 is 5.52. The first-order chi connectivity index (χ1) is 9.19. The topological polar surface area (TPSA) is 63.6 Å². The predicted octanol–water partition coefficient (Wildman–Crippen LogP) is 2.78. The molecular formula is C15H12O4. The van der Waals surface area contributed by atoms with Crippen LogP contribution in [0.2, 0.25) is 0 Å². The Morgan fingerprint density at radius 3 is 2.21 bits per heavy atom. The molecule has 0 amide bonds. The molecule has 0 radical (unpaired) electrons. The molecule has 4 nitrogen and oxygen atoms in total. The van der Waals surface area contributed by atoms with Crippen molar-refractivity contribution < 1.29 is 19.4 Å². The van der Waals surface area contributed by atoms with Crippen LogP contribution < -0.4 is 4.74 Å². The average molecular weight is 256 g/mol. The van der Waals surface area contributed by atoms with Gasteiger partial charge in [-0.25, -0.2) is 4.79 Å². The van der Waals surface area contributed by atoms with Crippen LogP contribution in [-0.4, -0.2) is 17.4 Å². The van der Waals surface area contributed by atoms with E-state index < -0.39 is 5.97 Å². The van der Waals surface area contributed by atoms with Gasteiger partial charge in [0.05, 0.1) is 5.56 Å². The molecule has 0 aromatic heterocycles. The molecule has 19 heavy (non-hydrogen) atoms. The van der Waals surface area contributed by atoms with E-state index in [0.29, 0.717) is 17.9 Å². The van der Waals surface area contributed by atoms with Crippen LogP contribution in [-0.2, 0) is 6.61 Å². The van der Waals surface area contributed by atoms with Crippen molar-refractivity contribution in [3.63, 3.8) is 0 Å². The molecule has 0 fully saturated rings. The lowest BCUT2D eigenvalue weighted by molar-refractivity contribution is 0.0696. The Morgan fingerprint density at radius 2 is 1.68 bits per heavy atom. The molecule has 0 heterocycles. The zero-order chi connectivity index (χ0) is 13.7. The van der Waals surface area contributed by atoms with Gasteiger partial charge in [0.15, 0.2) is 0 Å². The Balaban J connectivity index is 1.97. The molecule has 0 aliphatic heterocycles. The lowest BCUT2D eigenvalue weighted by atomic mass is 10.1. The minimum atomic E-state index is -0.962. The molecule has 0 atom stereocenters. The fraction of sp³-hybridized carbons (Fsp3) is 0.0667. The van der Waals surface area contributed by atoms with Crippen molar-refractivity contribution in [2.45, 2.75) is 6.61 Å². The van der Waals surface area contributed by atoms with E-state index >= 15 is 0 Å². The van der Waals surface area contributed by atoms with Gasteiger partial charge in [0, 0.05) is 5.56 Å². The van der Waals surface area contributed by atoms with Gasteiger partial charge in [-0.3, -0.25) is 4.79 Å². The first kappa shape index (κ1) is 12.8.